The van der Waals surface area contributed by atoms with E-state index in [4.69, 9.17) is 4.98 Å². The zero-order chi connectivity index (χ0) is 14.2. The Bertz CT molecular complexity index is 796. The highest BCUT2D eigenvalue weighted by Crippen LogP contribution is 2.27. The molecule has 1 aliphatic heterocycles. The summed E-state index contributed by atoms with van der Waals surface area (Å²) >= 11 is 3.60. The number of para-hydroxylation sites is 1. The number of halogens is 1. The normalized spacial score (nSPS) is 14.4. The summed E-state index contributed by atoms with van der Waals surface area (Å²) in [7, 11) is 0. The van der Waals surface area contributed by atoms with Gasteiger partial charge in [-0.25, -0.2) is 9.97 Å². The molecule has 0 unspecified atom stereocenters. The first-order chi connectivity index (χ1) is 10.3. The number of alkyl halides is 1. The van der Waals surface area contributed by atoms with Crippen molar-refractivity contribution in [2.75, 3.05) is 11.4 Å². The first-order valence-electron chi connectivity index (χ1n) is 7.05. The van der Waals surface area contributed by atoms with Crippen molar-refractivity contribution in [2.45, 2.75) is 18.4 Å². The van der Waals surface area contributed by atoms with E-state index >= 15 is 0 Å². The Kier molecular flexibility index (Phi) is 3.15. The van der Waals surface area contributed by atoms with Gasteiger partial charge in [0.1, 0.15) is 11.6 Å². The largest absolute Gasteiger partial charge is 0.347 e. The van der Waals surface area contributed by atoms with Crippen molar-refractivity contribution >= 4 is 32.7 Å². The van der Waals surface area contributed by atoms with Gasteiger partial charge in [-0.05, 0) is 12.1 Å². The van der Waals surface area contributed by atoms with Gasteiger partial charge in [-0.2, -0.15) is 0 Å². The quantitative estimate of drug-likeness (QED) is 0.669. The van der Waals surface area contributed by atoms with E-state index in [-0.39, 0.29) is 0 Å². The fourth-order valence-electron chi connectivity index (χ4n) is 2.88. The van der Waals surface area contributed by atoms with Gasteiger partial charge in [0.25, 0.3) is 0 Å². The van der Waals surface area contributed by atoms with Crippen LogP contribution in [0.5, 0.6) is 0 Å². The molecule has 0 radical (unpaired) electrons. The summed E-state index contributed by atoms with van der Waals surface area (Å²) in [6.45, 7) is 2.75. The second-order valence-electron chi connectivity index (χ2n) is 5.26. The third-order valence-electron chi connectivity index (χ3n) is 3.97. The molecule has 0 saturated heterocycles. The summed E-state index contributed by atoms with van der Waals surface area (Å²) in [4.78, 5) is 11.6. The number of anilines is 1. The molecule has 5 heteroatoms. The van der Waals surface area contributed by atoms with Gasteiger partial charge in [-0.1, -0.05) is 34.1 Å². The van der Waals surface area contributed by atoms with Crippen LogP contribution < -0.4 is 4.90 Å². The van der Waals surface area contributed by atoms with E-state index in [2.05, 4.69) is 54.6 Å². The SMILES string of the molecule is BrCc1cc2ccccc2nc1N1CCn2ccnc2C1. The van der Waals surface area contributed by atoms with Gasteiger partial charge in [-0.15, -0.1) is 0 Å². The van der Waals surface area contributed by atoms with Crippen molar-refractivity contribution < 1.29 is 0 Å². The molecule has 2 aromatic heterocycles. The molecule has 0 N–H and O–H groups in total. The first kappa shape index (κ1) is 12.8. The van der Waals surface area contributed by atoms with Crippen LogP contribution in [-0.2, 0) is 18.4 Å². The minimum Gasteiger partial charge on any atom is -0.347 e. The lowest BCUT2D eigenvalue weighted by Gasteiger charge is -2.30. The molecule has 21 heavy (non-hydrogen) atoms. The number of pyridine rings is 1. The fraction of sp³-hybridized carbons (Fsp3) is 0.250. The minimum atomic E-state index is 0.811. The van der Waals surface area contributed by atoms with Crippen molar-refractivity contribution in [3.63, 3.8) is 0 Å². The second kappa shape index (κ2) is 5.15. The van der Waals surface area contributed by atoms with Crippen LogP contribution in [-0.4, -0.2) is 21.1 Å². The summed E-state index contributed by atoms with van der Waals surface area (Å²) in [5, 5.41) is 2.00. The molecule has 0 aliphatic carbocycles. The molecule has 0 fully saturated rings. The Balaban J connectivity index is 1.79. The van der Waals surface area contributed by atoms with Crippen molar-refractivity contribution in [3.05, 3.63) is 54.1 Å². The van der Waals surface area contributed by atoms with Crippen LogP contribution in [0, 0.1) is 0 Å². The van der Waals surface area contributed by atoms with Gasteiger partial charge in [0.2, 0.25) is 0 Å². The number of imidazole rings is 1. The van der Waals surface area contributed by atoms with Crippen LogP contribution in [0.25, 0.3) is 10.9 Å². The molecular formula is C16H15BrN4. The molecule has 0 amide bonds. The molecule has 1 aromatic carbocycles. The van der Waals surface area contributed by atoms with E-state index in [9.17, 15) is 0 Å². The highest BCUT2D eigenvalue weighted by molar-refractivity contribution is 9.08. The predicted octanol–water partition coefficient (Wildman–Crippen LogP) is 3.35. The minimum absolute atomic E-state index is 0.811. The number of hydrogen-bond donors (Lipinski definition) is 0. The summed E-state index contributed by atoms with van der Waals surface area (Å²) in [5.41, 5.74) is 2.28. The van der Waals surface area contributed by atoms with Gasteiger partial charge >= 0.3 is 0 Å². The van der Waals surface area contributed by atoms with E-state index in [1.54, 1.807) is 0 Å². The maximum atomic E-state index is 4.89. The average Bonchev–Trinajstić information content (AvgIpc) is 3.01. The molecule has 4 rings (SSSR count). The van der Waals surface area contributed by atoms with Gasteiger partial charge < -0.3 is 9.47 Å². The van der Waals surface area contributed by atoms with E-state index in [0.717, 1.165) is 42.1 Å². The van der Waals surface area contributed by atoms with Gasteiger partial charge in [0.05, 0.1) is 12.1 Å². The number of hydrogen-bond acceptors (Lipinski definition) is 3. The third kappa shape index (κ3) is 2.21. The highest BCUT2D eigenvalue weighted by atomic mass is 79.9. The summed E-state index contributed by atoms with van der Waals surface area (Å²) < 4.78 is 2.21. The number of benzene rings is 1. The summed E-state index contributed by atoms with van der Waals surface area (Å²) in [6.07, 6.45) is 3.92. The molecule has 0 atom stereocenters. The number of fused-ring (bicyclic) bond motifs is 2. The van der Waals surface area contributed by atoms with E-state index in [1.165, 1.54) is 10.9 Å². The predicted molar refractivity (Wildman–Crippen MR) is 87.7 cm³/mol. The Morgan fingerprint density at radius 1 is 1.19 bits per heavy atom. The van der Waals surface area contributed by atoms with Crippen LogP contribution >= 0.6 is 15.9 Å². The lowest BCUT2D eigenvalue weighted by molar-refractivity contribution is 0.556. The van der Waals surface area contributed by atoms with E-state index < -0.39 is 0 Å². The van der Waals surface area contributed by atoms with Crippen LogP contribution in [0.15, 0.2) is 42.7 Å². The average molecular weight is 343 g/mol. The summed E-state index contributed by atoms with van der Waals surface area (Å²) in [6, 6.07) is 10.5. The first-order valence-corrected chi connectivity index (χ1v) is 8.17. The molecule has 106 valence electrons. The van der Waals surface area contributed by atoms with E-state index in [0.29, 0.717) is 0 Å². The van der Waals surface area contributed by atoms with Gasteiger partial charge in [-0.3, -0.25) is 0 Å². The Hall–Kier alpha value is -1.88. The van der Waals surface area contributed by atoms with Crippen LogP contribution in [0.3, 0.4) is 0 Å². The van der Waals surface area contributed by atoms with Gasteiger partial charge in [0, 0.05) is 41.8 Å². The topological polar surface area (TPSA) is 34.0 Å². The van der Waals surface area contributed by atoms with E-state index in [1.807, 2.05) is 18.5 Å². The second-order valence-corrected chi connectivity index (χ2v) is 5.82. The smallest absolute Gasteiger partial charge is 0.133 e. The molecule has 3 heterocycles. The zero-order valence-electron chi connectivity index (χ0n) is 11.5. The molecule has 0 spiro atoms. The number of aromatic nitrogens is 3. The van der Waals surface area contributed by atoms with Crippen molar-refractivity contribution in [1.29, 1.82) is 0 Å². The maximum Gasteiger partial charge on any atom is 0.133 e. The molecule has 0 bridgehead atoms. The Morgan fingerprint density at radius 2 is 2.10 bits per heavy atom. The van der Waals surface area contributed by atoms with Crippen molar-refractivity contribution in [1.82, 2.24) is 14.5 Å². The lowest BCUT2D eigenvalue weighted by Crippen LogP contribution is -2.34. The monoisotopic (exact) mass is 342 g/mol. The molecule has 4 nitrogen and oxygen atoms in total. The fourth-order valence-corrected chi connectivity index (χ4v) is 3.29. The number of rotatable bonds is 2. The van der Waals surface area contributed by atoms with Gasteiger partial charge in [0.15, 0.2) is 0 Å². The van der Waals surface area contributed by atoms with Crippen molar-refractivity contribution in [2.24, 2.45) is 0 Å². The van der Waals surface area contributed by atoms with Crippen LogP contribution in [0.4, 0.5) is 5.82 Å². The Morgan fingerprint density at radius 3 is 3.00 bits per heavy atom. The zero-order valence-corrected chi connectivity index (χ0v) is 13.1. The molecule has 1 aliphatic rings. The van der Waals surface area contributed by atoms with Crippen LogP contribution in [0.1, 0.15) is 11.4 Å². The number of nitrogens with zero attached hydrogens (tertiary/aromatic N) is 4. The summed E-state index contributed by atoms with van der Waals surface area (Å²) in [5.74, 6) is 2.18. The molecule has 3 aromatic rings. The molecule has 0 saturated carbocycles. The molecular weight excluding hydrogens is 328 g/mol. The highest BCUT2D eigenvalue weighted by Gasteiger charge is 2.20. The lowest BCUT2D eigenvalue weighted by atomic mass is 10.1. The standard InChI is InChI=1S/C16H15BrN4/c17-10-13-9-12-3-1-2-4-14(12)19-16(13)21-8-7-20-6-5-18-15(20)11-21/h1-6,9H,7-8,10-11H2. The maximum absolute atomic E-state index is 4.89. The third-order valence-corrected chi connectivity index (χ3v) is 4.57. The Labute approximate surface area is 131 Å². The van der Waals surface area contributed by atoms with Crippen LogP contribution in [0.2, 0.25) is 0 Å². The van der Waals surface area contributed by atoms with Crippen molar-refractivity contribution in [3.8, 4) is 0 Å².